The van der Waals surface area contributed by atoms with Crippen LogP contribution in [0.15, 0.2) is 0 Å². The molecule has 0 aromatic carbocycles. The van der Waals surface area contributed by atoms with Gasteiger partial charge >= 0.3 is 5.97 Å². The lowest BCUT2D eigenvalue weighted by Gasteiger charge is -2.16. The largest absolute Gasteiger partial charge is 0.464 e. The zero-order valence-corrected chi connectivity index (χ0v) is 8.19. The van der Waals surface area contributed by atoms with Gasteiger partial charge in [-0.2, -0.15) is 5.06 Å². The third-order valence-electron chi connectivity index (χ3n) is 2.06. The van der Waals surface area contributed by atoms with E-state index in [9.17, 15) is 10.0 Å². The Bertz CT molecular complexity index is 182. The normalized spacial score (nSPS) is 23.8. The first-order valence-corrected chi connectivity index (χ1v) is 4.73. The van der Waals surface area contributed by atoms with Gasteiger partial charge < -0.3 is 9.94 Å². The highest BCUT2D eigenvalue weighted by Crippen LogP contribution is 2.15. The highest BCUT2D eigenvalue weighted by atomic mass is 16.6. The Morgan fingerprint density at radius 2 is 2.38 bits per heavy atom. The first kappa shape index (κ1) is 10.5. The molecule has 1 heterocycles. The summed E-state index contributed by atoms with van der Waals surface area (Å²) in [6.45, 7) is 4.97. The molecule has 0 amide bonds. The van der Waals surface area contributed by atoms with Crippen LogP contribution >= 0.6 is 0 Å². The molecule has 1 atom stereocenters. The van der Waals surface area contributed by atoms with Crippen LogP contribution in [0.4, 0.5) is 0 Å². The molecule has 1 fully saturated rings. The van der Waals surface area contributed by atoms with Crippen molar-refractivity contribution >= 4 is 5.97 Å². The summed E-state index contributed by atoms with van der Waals surface area (Å²) in [5.41, 5.74) is 0. The van der Waals surface area contributed by atoms with E-state index in [2.05, 4.69) is 0 Å². The molecular formula is C9H17NO3. The van der Waals surface area contributed by atoms with Gasteiger partial charge in [-0.1, -0.05) is 13.8 Å². The highest BCUT2D eigenvalue weighted by molar-refractivity contribution is 5.75. The first-order chi connectivity index (χ1) is 6.11. The quantitative estimate of drug-likeness (QED) is 0.671. The summed E-state index contributed by atoms with van der Waals surface area (Å²) in [6.07, 6.45) is 1.56. The molecule has 0 bridgehead atoms. The fourth-order valence-electron chi connectivity index (χ4n) is 1.34. The summed E-state index contributed by atoms with van der Waals surface area (Å²) >= 11 is 0. The van der Waals surface area contributed by atoms with Gasteiger partial charge in [-0.25, -0.2) is 0 Å². The molecule has 0 aliphatic carbocycles. The van der Waals surface area contributed by atoms with Crippen molar-refractivity contribution in [2.24, 2.45) is 5.92 Å². The van der Waals surface area contributed by atoms with Gasteiger partial charge in [-0.05, 0) is 18.8 Å². The number of hydrogen-bond acceptors (Lipinski definition) is 4. The maximum atomic E-state index is 11.3. The zero-order chi connectivity index (χ0) is 9.84. The number of carbonyl (C=O) groups excluding carboxylic acids is 1. The fraction of sp³-hybridized carbons (Fsp3) is 0.889. The van der Waals surface area contributed by atoms with Crippen LogP contribution in [0, 0.1) is 5.92 Å². The molecule has 4 nitrogen and oxygen atoms in total. The van der Waals surface area contributed by atoms with Crippen molar-refractivity contribution in [2.75, 3.05) is 13.2 Å². The fourth-order valence-corrected chi connectivity index (χ4v) is 1.34. The summed E-state index contributed by atoms with van der Waals surface area (Å²) in [6, 6.07) is -0.432. The van der Waals surface area contributed by atoms with Gasteiger partial charge in [-0.15, -0.1) is 0 Å². The minimum Gasteiger partial charge on any atom is -0.464 e. The van der Waals surface area contributed by atoms with Crippen molar-refractivity contribution in [3.63, 3.8) is 0 Å². The second-order valence-corrected chi connectivity index (χ2v) is 3.84. The van der Waals surface area contributed by atoms with Gasteiger partial charge in [0.25, 0.3) is 0 Å². The smallest absolute Gasteiger partial charge is 0.325 e. The van der Waals surface area contributed by atoms with E-state index in [1.54, 1.807) is 0 Å². The minimum atomic E-state index is -0.432. The molecule has 1 aliphatic heterocycles. The Morgan fingerprint density at radius 3 is 2.85 bits per heavy atom. The lowest BCUT2D eigenvalue weighted by molar-refractivity contribution is -0.168. The summed E-state index contributed by atoms with van der Waals surface area (Å²) in [5.74, 6) is 0.0474. The predicted octanol–water partition coefficient (Wildman–Crippen LogP) is 1.04. The molecule has 0 radical (unpaired) electrons. The molecule has 0 aromatic heterocycles. The molecule has 76 valence electrons. The molecule has 0 aromatic rings. The Hall–Kier alpha value is -0.610. The Balaban J connectivity index is 2.30. The SMILES string of the molecule is CC(C)COC(=O)[C@@H]1CCCN1O. The Morgan fingerprint density at radius 1 is 1.69 bits per heavy atom. The van der Waals surface area contributed by atoms with E-state index in [1.807, 2.05) is 13.8 Å². The van der Waals surface area contributed by atoms with E-state index in [-0.39, 0.29) is 5.97 Å². The minimum absolute atomic E-state index is 0.297. The molecular weight excluding hydrogens is 170 g/mol. The van der Waals surface area contributed by atoms with Crippen LogP contribution in [0.5, 0.6) is 0 Å². The van der Waals surface area contributed by atoms with Crippen molar-refractivity contribution < 1.29 is 14.7 Å². The predicted molar refractivity (Wildman–Crippen MR) is 47.3 cm³/mol. The molecule has 1 N–H and O–H groups in total. The highest BCUT2D eigenvalue weighted by Gasteiger charge is 2.30. The van der Waals surface area contributed by atoms with Gasteiger partial charge in [0.1, 0.15) is 6.04 Å². The summed E-state index contributed by atoms with van der Waals surface area (Å²) in [7, 11) is 0. The van der Waals surface area contributed by atoms with E-state index in [0.717, 1.165) is 11.5 Å². The Kier molecular flexibility index (Phi) is 3.69. The average molecular weight is 187 g/mol. The second kappa shape index (κ2) is 4.58. The number of rotatable bonds is 3. The average Bonchev–Trinajstić information content (AvgIpc) is 2.47. The van der Waals surface area contributed by atoms with E-state index in [4.69, 9.17) is 4.74 Å². The molecule has 0 spiro atoms. The number of esters is 1. The lowest BCUT2D eigenvalue weighted by atomic mass is 10.2. The molecule has 0 saturated carbocycles. The van der Waals surface area contributed by atoms with Crippen LogP contribution in [-0.4, -0.2) is 35.4 Å². The maximum Gasteiger partial charge on any atom is 0.325 e. The third kappa shape index (κ3) is 2.97. The van der Waals surface area contributed by atoms with E-state index in [0.29, 0.717) is 25.5 Å². The number of ether oxygens (including phenoxy) is 1. The topological polar surface area (TPSA) is 49.8 Å². The van der Waals surface area contributed by atoms with Crippen molar-refractivity contribution in [2.45, 2.75) is 32.7 Å². The number of carbonyl (C=O) groups is 1. The van der Waals surface area contributed by atoms with Crippen molar-refractivity contribution in [3.8, 4) is 0 Å². The van der Waals surface area contributed by atoms with Gasteiger partial charge in [0.2, 0.25) is 0 Å². The molecule has 1 rings (SSSR count). The van der Waals surface area contributed by atoms with Gasteiger partial charge in [0, 0.05) is 6.54 Å². The monoisotopic (exact) mass is 187 g/mol. The number of hydroxylamine groups is 2. The number of nitrogens with zero attached hydrogens (tertiary/aromatic N) is 1. The molecule has 1 saturated heterocycles. The second-order valence-electron chi connectivity index (χ2n) is 3.84. The third-order valence-corrected chi connectivity index (χ3v) is 2.06. The molecule has 4 heteroatoms. The van der Waals surface area contributed by atoms with E-state index in [1.165, 1.54) is 0 Å². The van der Waals surface area contributed by atoms with Gasteiger partial charge in [0.05, 0.1) is 6.61 Å². The van der Waals surface area contributed by atoms with E-state index < -0.39 is 6.04 Å². The zero-order valence-electron chi connectivity index (χ0n) is 8.19. The van der Waals surface area contributed by atoms with E-state index >= 15 is 0 Å². The summed E-state index contributed by atoms with van der Waals surface area (Å²) in [4.78, 5) is 11.3. The molecule has 0 unspecified atom stereocenters. The summed E-state index contributed by atoms with van der Waals surface area (Å²) < 4.78 is 5.02. The summed E-state index contributed by atoms with van der Waals surface area (Å²) in [5, 5.41) is 10.3. The van der Waals surface area contributed by atoms with Crippen LogP contribution in [0.2, 0.25) is 0 Å². The van der Waals surface area contributed by atoms with Crippen molar-refractivity contribution in [1.82, 2.24) is 5.06 Å². The lowest BCUT2D eigenvalue weighted by Crippen LogP contribution is -2.35. The van der Waals surface area contributed by atoms with Crippen LogP contribution in [-0.2, 0) is 9.53 Å². The van der Waals surface area contributed by atoms with Crippen LogP contribution < -0.4 is 0 Å². The maximum absolute atomic E-state index is 11.3. The number of hydrogen-bond donors (Lipinski definition) is 1. The molecule has 1 aliphatic rings. The van der Waals surface area contributed by atoms with Gasteiger partial charge in [0.15, 0.2) is 0 Å². The standard InChI is InChI=1S/C9H17NO3/c1-7(2)6-13-9(11)8-4-3-5-10(8)12/h7-8,12H,3-6H2,1-2H3/t8-/m0/s1. The van der Waals surface area contributed by atoms with Crippen LogP contribution in [0.25, 0.3) is 0 Å². The molecule has 13 heavy (non-hydrogen) atoms. The first-order valence-electron chi connectivity index (χ1n) is 4.73. The van der Waals surface area contributed by atoms with Crippen molar-refractivity contribution in [3.05, 3.63) is 0 Å². The van der Waals surface area contributed by atoms with Crippen molar-refractivity contribution in [1.29, 1.82) is 0 Å². The Labute approximate surface area is 78.4 Å². The van der Waals surface area contributed by atoms with Crippen LogP contribution in [0.3, 0.4) is 0 Å². The van der Waals surface area contributed by atoms with Crippen LogP contribution in [0.1, 0.15) is 26.7 Å². The van der Waals surface area contributed by atoms with Gasteiger partial charge in [-0.3, -0.25) is 4.79 Å².